The first-order valence-electron chi connectivity index (χ1n) is 4.57. The molecule has 0 aromatic rings. The summed E-state index contributed by atoms with van der Waals surface area (Å²) < 4.78 is 32.7. The van der Waals surface area contributed by atoms with Gasteiger partial charge in [-0.05, 0) is 6.92 Å². The number of alkyl halides is 3. The van der Waals surface area contributed by atoms with Crippen molar-refractivity contribution in [3.63, 3.8) is 0 Å². The number of carbonyl (C=O) groups excluding carboxylic acids is 2. The first kappa shape index (κ1) is 23.2. The molecule has 4 nitrogen and oxygen atoms in total. The molecule has 0 fully saturated rings. The van der Waals surface area contributed by atoms with Crippen molar-refractivity contribution in [2.24, 2.45) is 0 Å². The quantitative estimate of drug-likeness (QED) is 0.635. The van der Waals surface area contributed by atoms with Crippen LogP contribution < -0.4 is 10.2 Å². The number of hydrogen-bond acceptors (Lipinski definition) is 4. The van der Waals surface area contributed by atoms with Crippen LogP contribution in [-0.4, -0.2) is 35.6 Å². The molecule has 0 amide bonds. The van der Waals surface area contributed by atoms with Gasteiger partial charge in [-0.15, -0.1) is 0 Å². The molecular formula is C8H12Cl2F3O4Sn-. The van der Waals surface area contributed by atoms with Crippen molar-refractivity contribution in [2.45, 2.75) is 37.3 Å². The van der Waals surface area contributed by atoms with Gasteiger partial charge in [0.1, 0.15) is 5.97 Å². The smallest absolute Gasteiger partial charge is 0.430 e. The van der Waals surface area contributed by atoms with Crippen molar-refractivity contribution in [3.8, 4) is 0 Å². The van der Waals surface area contributed by atoms with Gasteiger partial charge in [0.15, 0.2) is 0 Å². The van der Waals surface area contributed by atoms with Crippen molar-refractivity contribution in [1.82, 2.24) is 0 Å². The number of carboxylic acids is 2. The summed E-state index contributed by atoms with van der Waals surface area (Å²) in [5.74, 6) is -4.09. The number of aliphatic carboxylic acids is 2. The molecular weight excluding hydrogens is 407 g/mol. The Bertz CT molecular complexity index is 233. The molecule has 0 aliphatic heterocycles. The third kappa shape index (κ3) is 36.0. The van der Waals surface area contributed by atoms with E-state index in [1.807, 2.05) is 0 Å². The topological polar surface area (TPSA) is 80.3 Å². The molecule has 0 bridgehead atoms. The van der Waals surface area contributed by atoms with Crippen LogP contribution in [0.1, 0.15) is 26.7 Å². The monoisotopic (exact) mass is 419 g/mol. The Hall–Kier alpha value is 0.109. The first-order valence-corrected chi connectivity index (χ1v) is 13.8. The van der Waals surface area contributed by atoms with Crippen LogP contribution in [-0.2, 0) is 9.59 Å². The molecule has 10 heteroatoms. The molecule has 0 aromatic heterocycles. The maximum atomic E-state index is 10.5. The van der Waals surface area contributed by atoms with E-state index in [1.165, 1.54) is 12.8 Å². The SMILES string of the molecule is CC(=O)[O-].CCC[CH2][Sn+]([Cl])[Cl].O=C([O-])C(F)(F)F. The van der Waals surface area contributed by atoms with Gasteiger partial charge >= 0.3 is 65.7 Å². The van der Waals surface area contributed by atoms with E-state index in [0.29, 0.717) is 0 Å². The average Bonchev–Trinajstić information content (AvgIpc) is 2.13. The summed E-state index contributed by atoms with van der Waals surface area (Å²) >= 11 is -1.70. The minimum absolute atomic E-state index is 0.972. The van der Waals surface area contributed by atoms with Crippen LogP contribution in [0.25, 0.3) is 0 Å². The van der Waals surface area contributed by atoms with Crippen molar-refractivity contribution in [3.05, 3.63) is 0 Å². The number of unbranched alkanes of at least 4 members (excludes halogenated alkanes) is 1. The zero-order valence-corrected chi connectivity index (χ0v) is 14.0. The molecule has 0 aliphatic rings. The van der Waals surface area contributed by atoms with E-state index in [0.717, 1.165) is 11.4 Å². The second-order valence-electron chi connectivity index (χ2n) is 2.72. The fourth-order valence-corrected chi connectivity index (χ4v) is 3.88. The van der Waals surface area contributed by atoms with Gasteiger partial charge in [0.05, 0.1) is 0 Å². The summed E-state index contributed by atoms with van der Waals surface area (Å²) in [4.78, 5) is 17.7. The van der Waals surface area contributed by atoms with Crippen molar-refractivity contribution in [2.75, 3.05) is 0 Å². The summed E-state index contributed by atoms with van der Waals surface area (Å²) in [5.41, 5.74) is 0. The van der Waals surface area contributed by atoms with E-state index in [-0.39, 0.29) is 0 Å². The molecule has 18 heavy (non-hydrogen) atoms. The van der Waals surface area contributed by atoms with E-state index in [2.05, 4.69) is 6.92 Å². The van der Waals surface area contributed by atoms with Gasteiger partial charge in [0.25, 0.3) is 0 Å². The molecule has 0 spiro atoms. The molecule has 0 saturated heterocycles. The predicted octanol–water partition coefficient (Wildman–Crippen LogP) is 0.807. The Kier molecular flexibility index (Phi) is 17.5. The zero-order chi connectivity index (χ0) is 15.4. The molecule has 0 aromatic carbocycles. The maximum Gasteiger partial charge on any atom is 0.430 e. The van der Waals surface area contributed by atoms with Crippen molar-refractivity contribution >= 4 is 47.3 Å². The van der Waals surface area contributed by atoms with E-state index >= 15 is 0 Å². The molecule has 0 rings (SSSR count). The molecule has 0 N–H and O–H groups in total. The molecule has 0 atom stereocenters. The standard InChI is InChI=1S/C4H9.C2HF3O2.C2H4O2.2ClH.Sn/c1-3-4-2;3-2(4,5)1(6)7;1-2(3)4;;;/h1,3-4H2,2H3;(H,6,7);1H3,(H,3,4);2*1H;/q;;;;;+3/p-4. The van der Waals surface area contributed by atoms with Crippen LogP contribution in [0, 0.1) is 0 Å². The van der Waals surface area contributed by atoms with E-state index in [1.54, 1.807) is 0 Å². The molecule has 0 heterocycles. The predicted molar refractivity (Wildman–Crippen MR) is 58.9 cm³/mol. The van der Waals surface area contributed by atoms with E-state index in [9.17, 15) is 13.2 Å². The summed E-state index contributed by atoms with van der Waals surface area (Å²) in [6.45, 7) is 3.12. The number of halogens is 5. The second kappa shape index (κ2) is 13.5. The largest absolute Gasteiger partial charge is 0.542 e. The van der Waals surface area contributed by atoms with Gasteiger partial charge < -0.3 is 19.8 Å². The van der Waals surface area contributed by atoms with Crippen molar-refractivity contribution in [1.29, 1.82) is 0 Å². The van der Waals surface area contributed by atoms with Gasteiger partial charge in [0.2, 0.25) is 0 Å². The Morgan fingerprint density at radius 2 is 1.50 bits per heavy atom. The Labute approximate surface area is 117 Å². The fourth-order valence-electron chi connectivity index (χ4n) is 0.310. The van der Waals surface area contributed by atoms with Crippen LogP contribution >= 0.6 is 17.8 Å². The summed E-state index contributed by atoms with van der Waals surface area (Å²) in [6.07, 6.45) is -2.74. The summed E-state index contributed by atoms with van der Waals surface area (Å²) in [7, 11) is 11.2. The van der Waals surface area contributed by atoms with Gasteiger partial charge in [-0.25, -0.2) is 0 Å². The number of carbonyl (C=O) groups is 2. The van der Waals surface area contributed by atoms with Crippen LogP contribution in [0.15, 0.2) is 0 Å². The van der Waals surface area contributed by atoms with E-state index < -0.39 is 35.6 Å². The van der Waals surface area contributed by atoms with Crippen LogP contribution in [0.4, 0.5) is 13.2 Å². The summed E-state index contributed by atoms with van der Waals surface area (Å²) in [5, 5.41) is 17.7. The molecule has 108 valence electrons. The first-order chi connectivity index (χ1) is 7.95. The molecule has 0 unspecified atom stereocenters. The Morgan fingerprint density at radius 1 is 1.22 bits per heavy atom. The van der Waals surface area contributed by atoms with E-state index in [4.69, 9.17) is 37.6 Å². The van der Waals surface area contributed by atoms with Gasteiger partial charge in [-0.3, -0.25) is 0 Å². The fraction of sp³-hybridized carbons (Fsp3) is 0.750. The Balaban J connectivity index is -0.000000196. The molecule has 0 radical (unpaired) electrons. The minimum Gasteiger partial charge on any atom is -0.542 e. The van der Waals surface area contributed by atoms with Gasteiger partial charge in [0, 0.05) is 5.97 Å². The maximum absolute atomic E-state index is 10.5. The number of carboxylic acid groups (broad SMARTS) is 2. The van der Waals surface area contributed by atoms with Crippen LogP contribution in [0.3, 0.4) is 0 Å². The second-order valence-corrected chi connectivity index (χ2v) is 13.5. The normalized spacial score (nSPS) is 9.28. The zero-order valence-electron chi connectivity index (χ0n) is 9.64. The molecule has 0 saturated carbocycles. The van der Waals surface area contributed by atoms with Crippen LogP contribution in [0.2, 0.25) is 4.44 Å². The third-order valence-electron chi connectivity index (χ3n) is 0.951. The molecule has 0 aliphatic carbocycles. The number of hydrogen-bond donors (Lipinski definition) is 0. The van der Waals surface area contributed by atoms with Gasteiger partial charge in [-0.2, -0.15) is 13.2 Å². The van der Waals surface area contributed by atoms with Crippen LogP contribution in [0.5, 0.6) is 0 Å². The van der Waals surface area contributed by atoms with Gasteiger partial charge in [-0.1, -0.05) is 0 Å². The number of rotatable bonds is 3. The average molecular weight is 419 g/mol. The summed E-state index contributed by atoms with van der Waals surface area (Å²) in [6, 6.07) is 0. The Morgan fingerprint density at radius 3 is 1.56 bits per heavy atom. The van der Waals surface area contributed by atoms with Crippen molar-refractivity contribution < 1.29 is 33.0 Å². The third-order valence-corrected chi connectivity index (χ3v) is 5.57. The minimum atomic E-state index is -5.19.